The van der Waals surface area contributed by atoms with E-state index in [0.717, 1.165) is 6.07 Å². The fourth-order valence-electron chi connectivity index (χ4n) is 1.29. The summed E-state index contributed by atoms with van der Waals surface area (Å²) < 4.78 is 26.4. The SMILES string of the molecule is CN(Cc1cccc(F)c1F)C(C)(C)C(=O)O. The number of carbonyl (C=O) groups is 1. The Balaban J connectivity index is 2.92. The van der Waals surface area contributed by atoms with Gasteiger partial charge in [-0.25, -0.2) is 8.78 Å². The summed E-state index contributed by atoms with van der Waals surface area (Å²) in [6, 6.07) is 3.86. The highest BCUT2D eigenvalue weighted by molar-refractivity contribution is 5.77. The smallest absolute Gasteiger partial charge is 0.323 e. The van der Waals surface area contributed by atoms with Gasteiger partial charge < -0.3 is 5.11 Å². The van der Waals surface area contributed by atoms with Crippen molar-refractivity contribution in [2.75, 3.05) is 7.05 Å². The molecule has 0 aliphatic rings. The summed E-state index contributed by atoms with van der Waals surface area (Å²) in [5, 5.41) is 9.00. The van der Waals surface area contributed by atoms with E-state index in [2.05, 4.69) is 0 Å². The minimum atomic E-state index is -1.14. The second-order valence-corrected chi connectivity index (χ2v) is 4.43. The first-order chi connectivity index (χ1) is 7.76. The van der Waals surface area contributed by atoms with Crippen LogP contribution in [0.2, 0.25) is 0 Å². The van der Waals surface area contributed by atoms with Crippen LogP contribution in [-0.4, -0.2) is 28.6 Å². The number of hydrogen-bond acceptors (Lipinski definition) is 2. The van der Waals surface area contributed by atoms with Crippen LogP contribution in [-0.2, 0) is 11.3 Å². The lowest BCUT2D eigenvalue weighted by atomic mass is 10.0. The second-order valence-electron chi connectivity index (χ2n) is 4.43. The molecule has 17 heavy (non-hydrogen) atoms. The van der Waals surface area contributed by atoms with Crippen molar-refractivity contribution in [3.8, 4) is 0 Å². The van der Waals surface area contributed by atoms with Crippen LogP contribution >= 0.6 is 0 Å². The topological polar surface area (TPSA) is 40.5 Å². The van der Waals surface area contributed by atoms with Crippen LogP contribution in [0.25, 0.3) is 0 Å². The summed E-state index contributed by atoms with van der Waals surface area (Å²) in [6.45, 7) is 3.04. The molecule has 0 aliphatic heterocycles. The van der Waals surface area contributed by atoms with Crippen molar-refractivity contribution in [2.24, 2.45) is 0 Å². The van der Waals surface area contributed by atoms with Gasteiger partial charge in [-0.1, -0.05) is 12.1 Å². The van der Waals surface area contributed by atoms with Crippen LogP contribution < -0.4 is 0 Å². The Labute approximate surface area is 98.7 Å². The van der Waals surface area contributed by atoms with Gasteiger partial charge in [0.15, 0.2) is 11.6 Å². The van der Waals surface area contributed by atoms with E-state index in [0.29, 0.717) is 0 Å². The lowest BCUT2D eigenvalue weighted by Crippen LogP contribution is -2.47. The molecule has 94 valence electrons. The largest absolute Gasteiger partial charge is 0.480 e. The van der Waals surface area contributed by atoms with Gasteiger partial charge in [0.2, 0.25) is 0 Å². The third-order valence-corrected chi connectivity index (χ3v) is 2.92. The van der Waals surface area contributed by atoms with Gasteiger partial charge in [0.05, 0.1) is 0 Å². The van der Waals surface area contributed by atoms with Gasteiger partial charge in [0, 0.05) is 12.1 Å². The Hall–Kier alpha value is -1.49. The summed E-state index contributed by atoms with van der Waals surface area (Å²) >= 11 is 0. The molecule has 0 bridgehead atoms. The van der Waals surface area contributed by atoms with Crippen molar-refractivity contribution in [2.45, 2.75) is 25.9 Å². The maximum absolute atomic E-state index is 13.4. The van der Waals surface area contributed by atoms with Crippen LogP contribution in [0.5, 0.6) is 0 Å². The van der Waals surface area contributed by atoms with E-state index < -0.39 is 23.1 Å². The monoisotopic (exact) mass is 243 g/mol. The molecule has 0 aliphatic carbocycles. The Morgan fingerprint density at radius 2 is 2.00 bits per heavy atom. The number of benzene rings is 1. The van der Waals surface area contributed by atoms with Crippen molar-refractivity contribution < 1.29 is 18.7 Å². The van der Waals surface area contributed by atoms with Crippen LogP contribution in [0.15, 0.2) is 18.2 Å². The molecule has 1 rings (SSSR count). The molecule has 0 amide bonds. The average Bonchev–Trinajstić information content (AvgIpc) is 2.24. The molecule has 5 heteroatoms. The molecule has 1 aromatic carbocycles. The number of aliphatic carboxylic acids is 1. The molecule has 0 radical (unpaired) electrons. The van der Waals surface area contributed by atoms with E-state index in [4.69, 9.17) is 5.11 Å². The van der Waals surface area contributed by atoms with Gasteiger partial charge in [-0.2, -0.15) is 0 Å². The maximum atomic E-state index is 13.4. The molecule has 0 fully saturated rings. The molecule has 0 atom stereocenters. The molecule has 0 unspecified atom stereocenters. The van der Waals surface area contributed by atoms with E-state index in [1.54, 1.807) is 7.05 Å². The van der Waals surface area contributed by atoms with Crippen molar-refractivity contribution >= 4 is 5.97 Å². The number of nitrogens with zero attached hydrogens (tertiary/aromatic N) is 1. The van der Waals surface area contributed by atoms with Crippen LogP contribution in [0.1, 0.15) is 19.4 Å². The number of halogens is 2. The van der Waals surface area contributed by atoms with Crippen molar-refractivity contribution in [3.05, 3.63) is 35.4 Å². The van der Waals surface area contributed by atoms with Gasteiger partial charge in [-0.05, 0) is 27.0 Å². The third kappa shape index (κ3) is 2.79. The van der Waals surface area contributed by atoms with Crippen molar-refractivity contribution in [1.29, 1.82) is 0 Å². The summed E-state index contributed by atoms with van der Waals surface area (Å²) in [7, 11) is 1.55. The molecule has 0 saturated carbocycles. The zero-order valence-electron chi connectivity index (χ0n) is 10.00. The van der Waals surface area contributed by atoms with Crippen LogP contribution in [0.3, 0.4) is 0 Å². The highest BCUT2D eigenvalue weighted by Gasteiger charge is 2.32. The normalized spacial score (nSPS) is 11.9. The third-order valence-electron chi connectivity index (χ3n) is 2.92. The minimum absolute atomic E-state index is 0.0306. The molecule has 0 aromatic heterocycles. The standard InChI is InChI=1S/C12H15F2NO2/c1-12(2,11(16)17)15(3)7-8-5-4-6-9(13)10(8)14/h4-6H,7H2,1-3H3,(H,16,17). The Morgan fingerprint density at radius 3 is 2.53 bits per heavy atom. The Kier molecular flexibility index (Phi) is 3.83. The number of carboxylic acids is 1. The highest BCUT2D eigenvalue weighted by atomic mass is 19.2. The average molecular weight is 243 g/mol. The maximum Gasteiger partial charge on any atom is 0.323 e. The Bertz CT molecular complexity index is 433. The summed E-state index contributed by atoms with van der Waals surface area (Å²) in [6.07, 6.45) is 0. The second kappa shape index (κ2) is 4.79. The van der Waals surface area contributed by atoms with E-state index in [-0.39, 0.29) is 12.1 Å². The lowest BCUT2D eigenvalue weighted by Gasteiger charge is -2.31. The van der Waals surface area contributed by atoms with Gasteiger partial charge in [-0.15, -0.1) is 0 Å². The van der Waals surface area contributed by atoms with Crippen LogP contribution in [0, 0.1) is 11.6 Å². The lowest BCUT2D eigenvalue weighted by molar-refractivity contribution is -0.148. The zero-order valence-corrected chi connectivity index (χ0v) is 10.00. The van der Waals surface area contributed by atoms with Gasteiger partial charge in [0.1, 0.15) is 5.54 Å². The predicted octanol–water partition coefficient (Wildman–Crippen LogP) is 2.26. The van der Waals surface area contributed by atoms with E-state index in [1.165, 1.54) is 30.9 Å². The van der Waals surface area contributed by atoms with Crippen LogP contribution in [0.4, 0.5) is 8.78 Å². The quantitative estimate of drug-likeness (QED) is 0.881. The van der Waals surface area contributed by atoms with Gasteiger partial charge in [0.25, 0.3) is 0 Å². The van der Waals surface area contributed by atoms with Gasteiger partial charge in [-0.3, -0.25) is 9.69 Å². The number of carboxylic acid groups (broad SMARTS) is 1. The van der Waals surface area contributed by atoms with E-state index >= 15 is 0 Å². The number of hydrogen-bond donors (Lipinski definition) is 1. The molecule has 0 spiro atoms. The number of likely N-dealkylation sites (N-methyl/N-ethyl adjacent to an activating group) is 1. The fourth-order valence-corrected chi connectivity index (χ4v) is 1.29. The molecule has 1 N–H and O–H groups in total. The summed E-state index contributed by atoms with van der Waals surface area (Å²) in [4.78, 5) is 12.4. The minimum Gasteiger partial charge on any atom is -0.480 e. The fraction of sp³-hybridized carbons (Fsp3) is 0.417. The summed E-state index contributed by atoms with van der Waals surface area (Å²) in [5.74, 6) is -2.87. The predicted molar refractivity (Wildman–Crippen MR) is 59.5 cm³/mol. The first-order valence-electron chi connectivity index (χ1n) is 5.14. The van der Waals surface area contributed by atoms with E-state index in [9.17, 15) is 13.6 Å². The molecular weight excluding hydrogens is 228 g/mol. The number of rotatable bonds is 4. The zero-order chi connectivity index (χ0) is 13.2. The molecule has 0 saturated heterocycles. The molecule has 1 aromatic rings. The molecule has 3 nitrogen and oxygen atoms in total. The van der Waals surface area contributed by atoms with Crippen molar-refractivity contribution in [3.63, 3.8) is 0 Å². The van der Waals surface area contributed by atoms with Crippen molar-refractivity contribution in [1.82, 2.24) is 4.90 Å². The summed E-state index contributed by atoms with van der Waals surface area (Å²) in [5.41, 5.74) is -1.000. The first kappa shape index (κ1) is 13.6. The van der Waals surface area contributed by atoms with E-state index in [1.807, 2.05) is 0 Å². The molecular formula is C12H15F2NO2. The van der Waals surface area contributed by atoms with Gasteiger partial charge >= 0.3 is 5.97 Å². The first-order valence-corrected chi connectivity index (χ1v) is 5.14. The Morgan fingerprint density at radius 1 is 1.41 bits per heavy atom. The molecule has 0 heterocycles. The highest BCUT2D eigenvalue weighted by Crippen LogP contribution is 2.19.